The highest BCUT2D eigenvalue weighted by Gasteiger charge is 2.29. The summed E-state index contributed by atoms with van der Waals surface area (Å²) in [5.74, 6) is -0.177. The molecule has 0 spiro atoms. The fraction of sp³-hybridized carbons (Fsp3) is 0.420. The van der Waals surface area contributed by atoms with Crippen LogP contribution in [-0.2, 0) is 26.4 Å². The molecule has 8 rings (SSSR count). The summed E-state index contributed by atoms with van der Waals surface area (Å²) in [5.41, 5.74) is 13.4. The predicted octanol–water partition coefficient (Wildman–Crippen LogP) is 10.3. The van der Waals surface area contributed by atoms with Crippen LogP contribution in [0, 0.1) is 31.4 Å². The number of likely N-dealkylation sites (tertiary alicyclic amines) is 1. The SMILES string of the molecule is C=C1CC[C@H](c2c(F)cc(CCN3CCC(N(C)C(=C)c4cc5c(cc4C)nc4n5C[C@H](C)CCCCc5c(cnn5C)-c5cc(cc(C)n5)C(=C)N4)CC3)cc2F)C(=C)N1. The Labute approximate surface area is 360 Å². The smallest absolute Gasteiger partial charge is 0.208 e. The Morgan fingerprint density at radius 1 is 0.918 bits per heavy atom. The van der Waals surface area contributed by atoms with Crippen LogP contribution in [0.2, 0.25) is 0 Å². The van der Waals surface area contributed by atoms with Crippen LogP contribution in [0.3, 0.4) is 0 Å². The number of pyridine rings is 1. The molecule has 0 amide bonds. The highest BCUT2D eigenvalue weighted by atomic mass is 19.1. The Morgan fingerprint density at radius 3 is 2.41 bits per heavy atom. The molecular weight excluding hydrogens is 765 g/mol. The Morgan fingerprint density at radius 2 is 1.67 bits per heavy atom. The first kappa shape index (κ1) is 42.2. The molecule has 320 valence electrons. The van der Waals surface area contributed by atoms with Crippen LogP contribution in [0.15, 0.2) is 80.3 Å². The molecule has 2 N–H and O–H groups in total. The molecule has 11 heteroatoms. The minimum absolute atomic E-state index is 0.107. The first-order valence-electron chi connectivity index (χ1n) is 22.0. The second kappa shape index (κ2) is 17.4. The molecule has 0 aliphatic carbocycles. The maximum atomic E-state index is 15.3. The molecule has 3 aromatic heterocycles. The van der Waals surface area contributed by atoms with Gasteiger partial charge in [0.05, 0.1) is 22.9 Å². The van der Waals surface area contributed by atoms with Crippen molar-refractivity contribution in [2.24, 2.45) is 13.0 Å². The van der Waals surface area contributed by atoms with Crippen molar-refractivity contribution in [2.75, 3.05) is 32.0 Å². The third kappa shape index (κ3) is 8.80. The normalized spacial score (nSPS) is 19.4. The van der Waals surface area contributed by atoms with Crippen LogP contribution in [0.1, 0.15) is 97.0 Å². The number of rotatable bonds is 7. The van der Waals surface area contributed by atoms with Crippen molar-refractivity contribution in [3.8, 4) is 11.3 Å². The Balaban J connectivity index is 0.960. The van der Waals surface area contributed by atoms with E-state index >= 15 is 8.78 Å². The van der Waals surface area contributed by atoms with Gasteiger partial charge in [0.25, 0.3) is 0 Å². The first-order valence-corrected chi connectivity index (χ1v) is 22.0. The molecule has 2 atom stereocenters. The van der Waals surface area contributed by atoms with Gasteiger partial charge < -0.3 is 25.0 Å². The van der Waals surface area contributed by atoms with Crippen molar-refractivity contribution >= 4 is 28.4 Å². The van der Waals surface area contributed by atoms with Crippen molar-refractivity contribution in [1.29, 1.82) is 0 Å². The van der Waals surface area contributed by atoms with Crippen molar-refractivity contribution in [3.05, 3.63) is 131 Å². The summed E-state index contributed by atoms with van der Waals surface area (Å²) in [6.07, 6.45) is 9.98. The van der Waals surface area contributed by atoms with Gasteiger partial charge in [-0.25, -0.2) is 13.8 Å². The lowest BCUT2D eigenvalue weighted by Gasteiger charge is -2.39. The minimum Gasteiger partial charge on any atom is -0.371 e. The third-order valence-electron chi connectivity index (χ3n) is 13.4. The van der Waals surface area contributed by atoms with Crippen LogP contribution in [0.4, 0.5) is 14.7 Å². The number of hydrogen-bond acceptors (Lipinski definition) is 7. The quantitative estimate of drug-likeness (QED) is 0.169. The molecule has 0 radical (unpaired) electrons. The number of benzene rings is 2. The highest BCUT2D eigenvalue weighted by Crippen LogP contribution is 2.37. The Bertz CT molecular complexity index is 2500. The summed E-state index contributed by atoms with van der Waals surface area (Å²) >= 11 is 0. The van der Waals surface area contributed by atoms with Gasteiger partial charge in [-0.2, -0.15) is 5.10 Å². The average molecular weight is 826 g/mol. The average Bonchev–Trinajstić information content (AvgIpc) is 3.75. The number of hydrogen-bond donors (Lipinski definition) is 2. The number of aryl methyl sites for hydroxylation is 3. The topological polar surface area (TPSA) is 79.1 Å². The van der Waals surface area contributed by atoms with E-state index in [4.69, 9.17) is 9.97 Å². The predicted molar refractivity (Wildman–Crippen MR) is 245 cm³/mol. The van der Waals surface area contributed by atoms with Crippen LogP contribution < -0.4 is 10.6 Å². The van der Waals surface area contributed by atoms with E-state index < -0.39 is 17.6 Å². The number of anilines is 1. The molecule has 0 saturated carbocycles. The third-order valence-corrected chi connectivity index (χ3v) is 13.4. The molecule has 2 saturated heterocycles. The van der Waals surface area contributed by atoms with E-state index in [2.05, 4.69) is 102 Å². The lowest BCUT2D eigenvalue weighted by Crippen LogP contribution is -2.43. The summed E-state index contributed by atoms with van der Waals surface area (Å²) in [6.45, 7) is 27.0. The lowest BCUT2D eigenvalue weighted by molar-refractivity contribution is 0.162. The molecule has 6 heterocycles. The highest BCUT2D eigenvalue weighted by molar-refractivity contribution is 5.86. The summed E-state index contributed by atoms with van der Waals surface area (Å²) in [6, 6.07) is 12.0. The fourth-order valence-electron chi connectivity index (χ4n) is 9.75. The standard InChI is InChI=1S/C50H61F2N9/c1-30-12-10-11-13-47-42(28-53-59(47)9)45-26-38(23-33(4)55-45)34(5)56-50-57-46-22-31(2)41(27-48(46)61(50)29-30)36(7)58(8)39-17-20-60(21-18-39)19-16-37-24-43(51)49(44(52)25-37)40-15-14-32(3)54-35(40)6/h22-28,30,39-40,54H,3,5-7,10-21,29H2,1-2,4,8-9H3,(H,56,57)/t30-,40+/m1/s1. The maximum absolute atomic E-state index is 15.3. The van der Waals surface area contributed by atoms with Gasteiger partial charge in [0.15, 0.2) is 0 Å². The van der Waals surface area contributed by atoms with Crippen LogP contribution in [-0.4, -0.2) is 66.8 Å². The van der Waals surface area contributed by atoms with Crippen molar-refractivity contribution in [3.63, 3.8) is 0 Å². The second-order valence-corrected chi connectivity index (χ2v) is 17.9. The molecule has 2 fully saturated rings. The van der Waals surface area contributed by atoms with Gasteiger partial charge in [0.2, 0.25) is 5.95 Å². The van der Waals surface area contributed by atoms with Gasteiger partial charge in [-0.1, -0.05) is 39.7 Å². The van der Waals surface area contributed by atoms with E-state index in [1.165, 1.54) is 17.8 Å². The van der Waals surface area contributed by atoms with E-state index in [1.807, 2.05) is 24.9 Å². The largest absolute Gasteiger partial charge is 0.371 e. The van der Waals surface area contributed by atoms with Crippen molar-refractivity contribution < 1.29 is 8.78 Å². The minimum atomic E-state index is -0.493. The molecule has 3 aliphatic heterocycles. The number of aromatic nitrogens is 5. The molecule has 2 bridgehead atoms. The Kier molecular flexibility index (Phi) is 12.1. The van der Waals surface area contributed by atoms with Gasteiger partial charge in [-0.15, -0.1) is 0 Å². The monoisotopic (exact) mass is 826 g/mol. The van der Waals surface area contributed by atoms with Gasteiger partial charge in [0.1, 0.15) is 11.6 Å². The summed E-state index contributed by atoms with van der Waals surface area (Å²) < 4.78 is 35.0. The number of piperidine rings is 2. The number of nitrogens with zero attached hydrogens (tertiary/aromatic N) is 7. The Hall–Kier alpha value is -5.55. The van der Waals surface area contributed by atoms with Crippen molar-refractivity contribution in [2.45, 2.75) is 97.1 Å². The van der Waals surface area contributed by atoms with Gasteiger partial charge in [-0.3, -0.25) is 9.67 Å². The fourth-order valence-corrected chi connectivity index (χ4v) is 9.75. The van der Waals surface area contributed by atoms with E-state index in [0.717, 1.165) is 132 Å². The van der Waals surface area contributed by atoms with Crippen LogP contribution in [0.5, 0.6) is 0 Å². The zero-order chi connectivity index (χ0) is 43.1. The van der Waals surface area contributed by atoms with Crippen LogP contribution >= 0.6 is 0 Å². The zero-order valence-corrected chi connectivity index (χ0v) is 36.7. The van der Waals surface area contributed by atoms with Gasteiger partial charge >= 0.3 is 0 Å². The molecule has 61 heavy (non-hydrogen) atoms. The summed E-state index contributed by atoms with van der Waals surface area (Å²) in [4.78, 5) is 14.8. The van der Waals surface area contributed by atoms with Crippen LogP contribution in [0.25, 0.3) is 33.7 Å². The first-order chi connectivity index (χ1) is 29.2. The van der Waals surface area contributed by atoms with Gasteiger partial charge in [0, 0.05) is 109 Å². The number of halogens is 2. The molecule has 2 aromatic carbocycles. The molecule has 5 aromatic rings. The van der Waals surface area contributed by atoms with Gasteiger partial charge in [-0.05, 0) is 119 Å². The van der Waals surface area contributed by atoms with E-state index in [0.29, 0.717) is 42.5 Å². The van der Waals surface area contributed by atoms with E-state index in [9.17, 15) is 0 Å². The zero-order valence-electron chi connectivity index (χ0n) is 36.7. The van der Waals surface area contributed by atoms with E-state index in [1.54, 1.807) is 0 Å². The van der Waals surface area contributed by atoms with E-state index in [-0.39, 0.29) is 5.56 Å². The molecule has 0 unspecified atom stereocenters. The maximum Gasteiger partial charge on any atom is 0.208 e. The molecule has 9 nitrogen and oxygen atoms in total. The second-order valence-electron chi connectivity index (χ2n) is 17.9. The summed E-state index contributed by atoms with van der Waals surface area (Å²) in [5, 5.41) is 11.3. The van der Waals surface area contributed by atoms with Crippen molar-refractivity contribution in [1.82, 2.24) is 39.4 Å². The summed E-state index contributed by atoms with van der Waals surface area (Å²) in [7, 11) is 4.18. The number of allylic oxidation sites excluding steroid dienone is 2. The molecule has 3 aliphatic rings. The number of imidazole rings is 1. The lowest BCUT2D eigenvalue weighted by atomic mass is 9.86. The number of nitrogens with one attached hydrogen (secondary N) is 2. The molecular formula is C50H61F2N9. The number of fused-ring (bicyclic) bond motifs is 7.